The summed E-state index contributed by atoms with van der Waals surface area (Å²) in [7, 11) is 0.397. The topological polar surface area (TPSA) is 111 Å². The number of sulfonamides is 1. The number of nitrogens with one attached hydrogen (secondary N) is 1. The molecule has 0 bridgehead atoms. The van der Waals surface area contributed by atoms with Crippen molar-refractivity contribution in [3.63, 3.8) is 0 Å². The molecule has 32 heavy (non-hydrogen) atoms. The quantitative estimate of drug-likeness (QED) is 0.630. The van der Waals surface area contributed by atoms with Crippen molar-refractivity contribution >= 4 is 27.6 Å². The van der Waals surface area contributed by atoms with Gasteiger partial charge in [0.15, 0.2) is 11.5 Å². The largest absolute Gasteiger partial charge is 0.493 e. The number of esters is 1. The van der Waals surface area contributed by atoms with Gasteiger partial charge in [0.25, 0.3) is 0 Å². The third-order valence-electron chi connectivity index (χ3n) is 5.32. The Hall–Kier alpha value is -3.11. The Balaban J connectivity index is 1.71. The first-order valence-electron chi connectivity index (χ1n) is 10.0. The zero-order valence-corrected chi connectivity index (χ0v) is 19.0. The predicted octanol–water partition coefficient (Wildman–Crippen LogP) is 2.53. The van der Waals surface area contributed by atoms with E-state index in [-0.39, 0.29) is 17.3 Å². The summed E-state index contributed by atoms with van der Waals surface area (Å²) >= 11 is 0. The zero-order chi connectivity index (χ0) is 23.3. The van der Waals surface area contributed by atoms with E-state index in [0.29, 0.717) is 42.1 Å². The van der Waals surface area contributed by atoms with E-state index in [4.69, 9.17) is 9.47 Å². The van der Waals surface area contributed by atoms with Gasteiger partial charge in [-0.05, 0) is 49.2 Å². The summed E-state index contributed by atoms with van der Waals surface area (Å²) in [5.74, 6) is -0.496. The Morgan fingerprint density at radius 2 is 1.69 bits per heavy atom. The zero-order valence-electron chi connectivity index (χ0n) is 18.2. The van der Waals surface area contributed by atoms with Crippen LogP contribution in [-0.4, -0.2) is 59.0 Å². The highest BCUT2D eigenvalue weighted by Gasteiger charge is 2.33. The molecule has 0 aromatic heterocycles. The number of rotatable bonds is 7. The van der Waals surface area contributed by atoms with Gasteiger partial charge in [0, 0.05) is 24.8 Å². The van der Waals surface area contributed by atoms with Crippen LogP contribution < -0.4 is 14.8 Å². The molecule has 2 aromatic rings. The summed E-state index contributed by atoms with van der Waals surface area (Å²) in [4.78, 5) is 24.4. The van der Waals surface area contributed by atoms with Gasteiger partial charge in [-0.25, -0.2) is 13.2 Å². The molecule has 10 heteroatoms. The number of benzene rings is 2. The minimum atomic E-state index is -3.81. The Morgan fingerprint density at radius 1 is 1.00 bits per heavy atom. The lowest BCUT2D eigenvalue weighted by molar-refractivity contribution is -0.120. The summed E-state index contributed by atoms with van der Waals surface area (Å²) in [5, 5.41) is 2.79. The molecule has 1 saturated heterocycles. The van der Waals surface area contributed by atoms with Crippen molar-refractivity contribution in [2.45, 2.75) is 17.7 Å². The smallest absolute Gasteiger partial charge is 0.337 e. The van der Waals surface area contributed by atoms with Crippen LogP contribution in [0, 0.1) is 5.92 Å². The van der Waals surface area contributed by atoms with Crippen LogP contribution in [-0.2, 0) is 19.6 Å². The van der Waals surface area contributed by atoms with Gasteiger partial charge in [0.1, 0.15) is 0 Å². The number of nitrogens with zero attached hydrogens (tertiary/aromatic N) is 1. The highest BCUT2D eigenvalue weighted by Crippen LogP contribution is 2.32. The van der Waals surface area contributed by atoms with Gasteiger partial charge in [0.2, 0.25) is 15.9 Å². The maximum Gasteiger partial charge on any atom is 0.337 e. The summed E-state index contributed by atoms with van der Waals surface area (Å²) in [5.41, 5.74) is 0.887. The van der Waals surface area contributed by atoms with Gasteiger partial charge in [-0.15, -0.1) is 0 Å². The number of hydrogen-bond donors (Lipinski definition) is 1. The van der Waals surface area contributed by atoms with Gasteiger partial charge < -0.3 is 19.5 Å². The molecule has 3 rings (SSSR count). The van der Waals surface area contributed by atoms with Crippen LogP contribution in [0.2, 0.25) is 0 Å². The van der Waals surface area contributed by atoms with Crippen LogP contribution in [0.15, 0.2) is 47.4 Å². The molecule has 0 aliphatic carbocycles. The fourth-order valence-electron chi connectivity index (χ4n) is 3.55. The molecule has 0 unspecified atom stereocenters. The Kier molecular flexibility index (Phi) is 7.37. The second-order valence-corrected chi connectivity index (χ2v) is 9.22. The van der Waals surface area contributed by atoms with E-state index in [1.54, 1.807) is 24.3 Å². The van der Waals surface area contributed by atoms with E-state index >= 15 is 0 Å². The molecule has 1 fully saturated rings. The van der Waals surface area contributed by atoms with Crippen molar-refractivity contribution in [3.8, 4) is 11.5 Å². The van der Waals surface area contributed by atoms with Crippen molar-refractivity contribution in [2.24, 2.45) is 5.92 Å². The van der Waals surface area contributed by atoms with E-state index in [2.05, 4.69) is 10.1 Å². The normalized spacial score (nSPS) is 16.8. The number of anilines is 1. The van der Waals surface area contributed by atoms with E-state index < -0.39 is 21.9 Å². The van der Waals surface area contributed by atoms with Crippen LogP contribution in [0.1, 0.15) is 23.2 Å². The van der Waals surface area contributed by atoms with Crippen molar-refractivity contribution in [1.29, 1.82) is 0 Å². The van der Waals surface area contributed by atoms with Crippen molar-refractivity contribution < 1.29 is 32.2 Å². The van der Waals surface area contributed by atoms with Crippen LogP contribution in [0.25, 0.3) is 0 Å². The summed E-state index contributed by atoms with van der Waals surface area (Å²) < 4.78 is 42.7. The average molecular weight is 463 g/mol. The molecule has 1 atom stereocenters. The van der Waals surface area contributed by atoms with Gasteiger partial charge in [-0.1, -0.05) is 0 Å². The molecule has 1 aliphatic heterocycles. The van der Waals surface area contributed by atoms with E-state index in [9.17, 15) is 18.0 Å². The minimum absolute atomic E-state index is 0.0722. The van der Waals surface area contributed by atoms with Crippen LogP contribution in [0.4, 0.5) is 5.69 Å². The molecule has 1 heterocycles. The molecule has 0 saturated carbocycles. The summed E-state index contributed by atoms with van der Waals surface area (Å²) in [6, 6.07) is 10.7. The molecule has 2 aromatic carbocycles. The molecular weight excluding hydrogens is 436 g/mol. The SMILES string of the molecule is COC(=O)c1ccc(NC(=O)[C@H]2CCCN(S(=O)(=O)c3ccc(OC)c(OC)c3)C2)cc1. The molecule has 0 spiro atoms. The second-order valence-electron chi connectivity index (χ2n) is 7.28. The monoisotopic (exact) mass is 462 g/mol. The number of amides is 1. The lowest BCUT2D eigenvalue weighted by atomic mass is 9.98. The first kappa shape index (κ1) is 23.6. The molecular formula is C22H26N2O7S. The van der Waals surface area contributed by atoms with E-state index in [1.807, 2.05) is 0 Å². The number of piperidine rings is 1. The Morgan fingerprint density at radius 3 is 2.31 bits per heavy atom. The van der Waals surface area contributed by atoms with Crippen LogP contribution >= 0.6 is 0 Å². The standard InChI is InChI=1S/C22H26N2O7S/c1-29-19-11-10-18(13-20(19)30-2)32(27,28)24-12-4-5-16(14-24)21(25)23-17-8-6-15(7-9-17)22(26)31-3/h6-11,13,16H,4-5,12,14H2,1-3H3,(H,23,25)/t16-/m0/s1. The molecule has 1 amide bonds. The van der Waals surface area contributed by atoms with E-state index in [0.717, 1.165) is 0 Å². The third kappa shape index (κ3) is 5.03. The predicted molar refractivity (Wildman–Crippen MR) is 117 cm³/mol. The summed E-state index contributed by atoms with van der Waals surface area (Å²) in [6.07, 6.45) is 1.13. The van der Waals surface area contributed by atoms with Gasteiger partial charge >= 0.3 is 5.97 Å². The Labute approximate surface area is 187 Å². The molecule has 172 valence electrons. The van der Waals surface area contributed by atoms with Gasteiger partial charge in [-0.2, -0.15) is 4.31 Å². The maximum atomic E-state index is 13.2. The number of carbonyl (C=O) groups is 2. The van der Waals surface area contributed by atoms with Gasteiger partial charge in [0.05, 0.1) is 37.7 Å². The second kappa shape index (κ2) is 10.0. The number of carbonyl (C=O) groups excluding carboxylic acids is 2. The molecule has 1 N–H and O–H groups in total. The van der Waals surface area contributed by atoms with Crippen molar-refractivity contribution in [1.82, 2.24) is 4.31 Å². The van der Waals surface area contributed by atoms with Crippen LogP contribution in [0.3, 0.4) is 0 Å². The minimum Gasteiger partial charge on any atom is -0.493 e. The first-order chi connectivity index (χ1) is 15.3. The van der Waals surface area contributed by atoms with Gasteiger partial charge in [-0.3, -0.25) is 4.79 Å². The van der Waals surface area contributed by atoms with Crippen molar-refractivity contribution in [2.75, 3.05) is 39.7 Å². The van der Waals surface area contributed by atoms with Crippen LogP contribution in [0.5, 0.6) is 11.5 Å². The Bertz CT molecular complexity index is 1080. The fourth-order valence-corrected chi connectivity index (χ4v) is 5.09. The molecule has 0 radical (unpaired) electrons. The molecule has 9 nitrogen and oxygen atoms in total. The first-order valence-corrected chi connectivity index (χ1v) is 11.5. The number of ether oxygens (including phenoxy) is 3. The fraction of sp³-hybridized carbons (Fsp3) is 0.364. The molecule has 1 aliphatic rings. The number of methoxy groups -OCH3 is 3. The number of hydrogen-bond acceptors (Lipinski definition) is 7. The maximum absolute atomic E-state index is 13.2. The lowest BCUT2D eigenvalue weighted by Gasteiger charge is -2.31. The average Bonchev–Trinajstić information content (AvgIpc) is 2.83. The third-order valence-corrected chi connectivity index (χ3v) is 7.18. The van der Waals surface area contributed by atoms with E-state index in [1.165, 1.54) is 43.8 Å². The highest BCUT2D eigenvalue weighted by atomic mass is 32.2. The lowest BCUT2D eigenvalue weighted by Crippen LogP contribution is -2.43. The highest BCUT2D eigenvalue weighted by molar-refractivity contribution is 7.89. The summed E-state index contributed by atoms with van der Waals surface area (Å²) in [6.45, 7) is 0.400. The van der Waals surface area contributed by atoms with Crippen molar-refractivity contribution in [3.05, 3.63) is 48.0 Å².